The van der Waals surface area contributed by atoms with Crippen LogP contribution in [0.5, 0.6) is 5.75 Å². The molecule has 0 unspecified atom stereocenters. The lowest BCUT2D eigenvalue weighted by Gasteiger charge is -2.20. The highest BCUT2D eigenvalue weighted by Gasteiger charge is 2.04. The number of rotatable bonds is 5. The highest BCUT2D eigenvalue weighted by molar-refractivity contribution is 5.94. The molecule has 4 nitrogen and oxygen atoms in total. The van der Waals surface area contributed by atoms with Crippen LogP contribution in [0, 0.1) is 5.41 Å². The Balaban J connectivity index is 2.10. The maximum Gasteiger partial charge on any atom is 0.122 e. The molecule has 0 radical (unpaired) electrons. The van der Waals surface area contributed by atoms with Crippen LogP contribution in [-0.2, 0) is 6.54 Å². The van der Waals surface area contributed by atoms with E-state index in [-0.39, 0.29) is 5.84 Å². The Morgan fingerprint density at radius 2 is 1.90 bits per heavy atom. The molecule has 20 heavy (non-hydrogen) atoms. The number of nitrogen functional groups attached to an aromatic ring is 1. The molecule has 4 heteroatoms. The van der Waals surface area contributed by atoms with Gasteiger partial charge in [-0.3, -0.25) is 5.41 Å². The molecule has 0 aliphatic heterocycles. The van der Waals surface area contributed by atoms with Crippen LogP contribution >= 0.6 is 0 Å². The van der Waals surface area contributed by atoms with E-state index in [1.165, 1.54) is 5.56 Å². The Bertz CT molecular complexity index is 593. The molecule has 0 fully saturated rings. The Morgan fingerprint density at radius 1 is 1.20 bits per heavy atom. The lowest BCUT2D eigenvalue weighted by molar-refractivity contribution is 0.415. The summed E-state index contributed by atoms with van der Waals surface area (Å²) in [7, 11) is 3.70. The Kier molecular flexibility index (Phi) is 4.25. The van der Waals surface area contributed by atoms with Crippen molar-refractivity contribution in [2.75, 3.05) is 19.1 Å². The molecule has 0 bridgehead atoms. The highest BCUT2D eigenvalue weighted by atomic mass is 16.5. The van der Waals surface area contributed by atoms with Crippen molar-refractivity contribution in [3.8, 4) is 5.75 Å². The molecule has 2 aromatic carbocycles. The van der Waals surface area contributed by atoms with E-state index in [1.54, 1.807) is 7.11 Å². The molecule has 0 saturated carbocycles. The average Bonchev–Trinajstić information content (AvgIpc) is 2.47. The van der Waals surface area contributed by atoms with Gasteiger partial charge >= 0.3 is 0 Å². The maximum atomic E-state index is 7.38. The third kappa shape index (κ3) is 3.29. The van der Waals surface area contributed by atoms with Crippen LogP contribution < -0.4 is 15.4 Å². The maximum absolute atomic E-state index is 7.38. The first-order valence-corrected chi connectivity index (χ1v) is 6.38. The molecule has 0 atom stereocenters. The first-order valence-electron chi connectivity index (χ1n) is 6.38. The molecular weight excluding hydrogens is 250 g/mol. The van der Waals surface area contributed by atoms with Gasteiger partial charge < -0.3 is 15.4 Å². The summed E-state index contributed by atoms with van der Waals surface area (Å²) in [5.74, 6) is 0.943. The van der Waals surface area contributed by atoms with Crippen molar-refractivity contribution in [1.82, 2.24) is 0 Å². The second-order valence-corrected chi connectivity index (χ2v) is 4.67. The van der Waals surface area contributed by atoms with E-state index in [4.69, 9.17) is 15.9 Å². The number of hydrogen-bond donors (Lipinski definition) is 2. The number of amidine groups is 1. The number of nitrogens with two attached hydrogens (primary N) is 1. The Labute approximate surface area is 119 Å². The second-order valence-electron chi connectivity index (χ2n) is 4.67. The summed E-state index contributed by atoms with van der Waals surface area (Å²) in [6, 6.07) is 15.7. The predicted molar refractivity (Wildman–Crippen MR) is 82.6 cm³/mol. The van der Waals surface area contributed by atoms with E-state index in [9.17, 15) is 0 Å². The van der Waals surface area contributed by atoms with Gasteiger partial charge in [-0.15, -0.1) is 0 Å². The van der Waals surface area contributed by atoms with Crippen molar-refractivity contribution in [3.05, 3.63) is 59.7 Å². The van der Waals surface area contributed by atoms with E-state index in [0.717, 1.165) is 23.5 Å². The molecule has 104 valence electrons. The number of anilines is 1. The fourth-order valence-corrected chi connectivity index (χ4v) is 2.00. The molecule has 0 aliphatic carbocycles. The molecule has 0 saturated heterocycles. The molecule has 0 amide bonds. The van der Waals surface area contributed by atoms with Gasteiger partial charge in [-0.2, -0.15) is 0 Å². The summed E-state index contributed by atoms with van der Waals surface area (Å²) in [5.41, 5.74) is 8.46. The van der Waals surface area contributed by atoms with E-state index < -0.39 is 0 Å². The molecule has 0 aliphatic rings. The second kappa shape index (κ2) is 6.10. The van der Waals surface area contributed by atoms with E-state index in [2.05, 4.69) is 4.90 Å². The normalized spacial score (nSPS) is 10.1. The quantitative estimate of drug-likeness (QED) is 0.648. The van der Waals surface area contributed by atoms with Gasteiger partial charge in [-0.25, -0.2) is 0 Å². The highest BCUT2D eigenvalue weighted by Crippen LogP contribution is 2.21. The van der Waals surface area contributed by atoms with Gasteiger partial charge in [0.1, 0.15) is 11.6 Å². The zero-order chi connectivity index (χ0) is 14.5. The molecule has 2 rings (SSSR count). The Hall–Kier alpha value is -2.49. The number of methoxy groups -OCH3 is 1. The minimum absolute atomic E-state index is 0.0951. The fourth-order valence-electron chi connectivity index (χ4n) is 2.00. The van der Waals surface area contributed by atoms with Crippen LogP contribution in [0.3, 0.4) is 0 Å². The van der Waals surface area contributed by atoms with Gasteiger partial charge in [0.05, 0.1) is 7.11 Å². The number of hydrogen-bond acceptors (Lipinski definition) is 3. The third-order valence-electron chi connectivity index (χ3n) is 3.18. The van der Waals surface area contributed by atoms with E-state index in [0.29, 0.717) is 0 Å². The monoisotopic (exact) mass is 269 g/mol. The van der Waals surface area contributed by atoms with Crippen LogP contribution in [-0.4, -0.2) is 20.0 Å². The average molecular weight is 269 g/mol. The van der Waals surface area contributed by atoms with Gasteiger partial charge in [0, 0.05) is 30.9 Å². The summed E-state index contributed by atoms with van der Waals surface area (Å²) in [6.07, 6.45) is 0. The van der Waals surface area contributed by atoms with Crippen LogP contribution in [0.2, 0.25) is 0 Å². The van der Waals surface area contributed by atoms with Crippen LogP contribution in [0.25, 0.3) is 0 Å². The molecule has 0 aromatic heterocycles. The van der Waals surface area contributed by atoms with Gasteiger partial charge in [0.2, 0.25) is 0 Å². The molecule has 3 N–H and O–H groups in total. The van der Waals surface area contributed by atoms with Crippen LogP contribution in [0.4, 0.5) is 5.69 Å². The first-order chi connectivity index (χ1) is 9.60. The molecule has 0 heterocycles. The Morgan fingerprint density at radius 3 is 2.50 bits per heavy atom. The van der Waals surface area contributed by atoms with Crippen molar-refractivity contribution in [2.45, 2.75) is 6.54 Å². The summed E-state index contributed by atoms with van der Waals surface area (Å²) in [5, 5.41) is 7.38. The lowest BCUT2D eigenvalue weighted by atomic mass is 10.1. The minimum Gasteiger partial charge on any atom is -0.497 e. The fraction of sp³-hybridized carbons (Fsp3) is 0.188. The van der Waals surface area contributed by atoms with E-state index >= 15 is 0 Å². The smallest absolute Gasteiger partial charge is 0.122 e. The lowest BCUT2D eigenvalue weighted by Crippen LogP contribution is -2.16. The van der Waals surface area contributed by atoms with Crippen molar-refractivity contribution in [2.24, 2.45) is 5.73 Å². The van der Waals surface area contributed by atoms with Crippen molar-refractivity contribution < 1.29 is 4.74 Å². The third-order valence-corrected chi connectivity index (χ3v) is 3.18. The topological polar surface area (TPSA) is 62.3 Å². The van der Waals surface area contributed by atoms with E-state index in [1.807, 2.05) is 55.6 Å². The van der Waals surface area contributed by atoms with Gasteiger partial charge in [-0.1, -0.05) is 30.3 Å². The van der Waals surface area contributed by atoms with Gasteiger partial charge in [0.25, 0.3) is 0 Å². The number of benzene rings is 2. The zero-order valence-electron chi connectivity index (χ0n) is 11.8. The van der Waals surface area contributed by atoms with Gasteiger partial charge in [-0.05, 0) is 17.7 Å². The molecule has 2 aromatic rings. The summed E-state index contributed by atoms with van der Waals surface area (Å²) >= 11 is 0. The minimum atomic E-state index is 0.0951. The number of nitrogens with one attached hydrogen (secondary N) is 1. The number of ether oxygens (including phenoxy) is 1. The van der Waals surface area contributed by atoms with Gasteiger partial charge in [0.15, 0.2) is 0 Å². The van der Waals surface area contributed by atoms with Crippen molar-refractivity contribution in [1.29, 1.82) is 5.41 Å². The van der Waals surface area contributed by atoms with Crippen LogP contribution in [0.1, 0.15) is 11.1 Å². The molecular formula is C16H19N3O. The predicted octanol–water partition coefficient (Wildman–Crippen LogP) is 2.62. The standard InChI is InChI=1S/C16H19N3O/c1-19(14-4-3-5-15(10-14)20-2)11-12-6-8-13(9-7-12)16(17)18/h3-10H,11H2,1-2H3,(H3,17,18). The summed E-state index contributed by atoms with van der Waals surface area (Å²) in [6.45, 7) is 0.783. The first kappa shape index (κ1) is 13.9. The van der Waals surface area contributed by atoms with Crippen LogP contribution in [0.15, 0.2) is 48.5 Å². The van der Waals surface area contributed by atoms with Crippen molar-refractivity contribution in [3.63, 3.8) is 0 Å². The summed E-state index contributed by atoms with van der Waals surface area (Å²) < 4.78 is 5.23. The largest absolute Gasteiger partial charge is 0.497 e. The summed E-state index contributed by atoms with van der Waals surface area (Å²) in [4.78, 5) is 2.14. The number of nitrogens with zero attached hydrogens (tertiary/aromatic N) is 1. The zero-order valence-corrected chi connectivity index (χ0v) is 11.8. The molecule has 0 spiro atoms. The SMILES string of the molecule is COc1cccc(N(C)Cc2ccc(C(=N)N)cc2)c1. The van der Waals surface area contributed by atoms with Crippen molar-refractivity contribution >= 4 is 11.5 Å².